The zero-order chi connectivity index (χ0) is 16.8. The number of hydrogen-bond donors (Lipinski definition) is 2. The molecule has 2 N–H and O–H groups in total. The van der Waals surface area contributed by atoms with Crippen LogP contribution in [0.1, 0.15) is 36.4 Å². The third-order valence-corrected chi connectivity index (χ3v) is 4.49. The standard InChI is InChI=1S/C20H23FN2O.ClH/c21-18-11-5-4-10-17(18)19(13-15-7-2-1-3-8-15)23-20(24)14-16-9-6-12-22-16;/h1-5,7-8,10-11,16,19,22H,6,9,12-14H2,(H,23,24);1H. The van der Waals surface area contributed by atoms with E-state index in [1.807, 2.05) is 30.3 Å². The second-order valence-electron chi connectivity index (χ2n) is 6.33. The summed E-state index contributed by atoms with van der Waals surface area (Å²) in [5.41, 5.74) is 1.61. The first kappa shape index (κ1) is 19.4. The number of nitrogens with one attached hydrogen (secondary N) is 2. The second kappa shape index (κ2) is 9.54. The van der Waals surface area contributed by atoms with E-state index in [-0.39, 0.29) is 36.2 Å². The molecule has 25 heavy (non-hydrogen) atoms. The quantitative estimate of drug-likeness (QED) is 0.820. The Balaban J connectivity index is 0.00000225. The number of benzene rings is 2. The SMILES string of the molecule is Cl.O=C(CC1CCCN1)NC(Cc1ccccc1)c1ccccc1F. The number of halogens is 2. The smallest absolute Gasteiger partial charge is 0.222 e. The van der Waals surface area contributed by atoms with Crippen molar-refractivity contribution < 1.29 is 9.18 Å². The van der Waals surface area contributed by atoms with Gasteiger partial charge in [0.2, 0.25) is 5.91 Å². The molecule has 3 rings (SSSR count). The number of rotatable bonds is 6. The lowest BCUT2D eigenvalue weighted by atomic mass is 9.98. The van der Waals surface area contributed by atoms with Crippen LogP contribution in [0.4, 0.5) is 4.39 Å². The van der Waals surface area contributed by atoms with Gasteiger partial charge < -0.3 is 10.6 Å². The number of hydrogen-bond acceptors (Lipinski definition) is 2. The average molecular weight is 363 g/mol. The minimum Gasteiger partial charge on any atom is -0.349 e. The van der Waals surface area contributed by atoms with Gasteiger partial charge in [0.25, 0.3) is 0 Å². The normalized spacial score (nSPS) is 17.6. The van der Waals surface area contributed by atoms with Crippen LogP contribution >= 0.6 is 12.4 Å². The highest BCUT2D eigenvalue weighted by Crippen LogP contribution is 2.22. The highest BCUT2D eigenvalue weighted by molar-refractivity contribution is 5.85. The van der Waals surface area contributed by atoms with Crippen molar-refractivity contribution in [3.8, 4) is 0 Å². The highest BCUT2D eigenvalue weighted by atomic mass is 35.5. The summed E-state index contributed by atoms with van der Waals surface area (Å²) in [6.07, 6.45) is 3.15. The molecule has 1 fully saturated rings. The largest absolute Gasteiger partial charge is 0.349 e. The molecule has 0 spiro atoms. The molecule has 0 bridgehead atoms. The highest BCUT2D eigenvalue weighted by Gasteiger charge is 2.22. The van der Waals surface area contributed by atoms with Gasteiger partial charge in [-0.2, -0.15) is 0 Å². The Morgan fingerprint density at radius 3 is 2.56 bits per heavy atom. The summed E-state index contributed by atoms with van der Waals surface area (Å²) in [7, 11) is 0. The van der Waals surface area contributed by atoms with Crippen LogP contribution in [0.5, 0.6) is 0 Å². The van der Waals surface area contributed by atoms with Gasteiger partial charge in [0, 0.05) is 18.0 Å². The topological polar surface area (TPSA) is 41.1 Å². The molecule has 3 nitrogen and oxygen atoms in total. The van der Waals surface area contributed by atoms with Gasteiger partial charge in [-0.25, -0.2) is 4.39 Å². The van der Waals surface area contributed by atoms with E-state index in [0.717, 1.165) is 24.9 Å². The lowest BCUT2D eigenvalue weighted by molar-refractivity contribution is -0.122. The van der Waals surface area contributed by atoms with Crippen molar-refractivity contribution in [1.82, 2.24) is 10.6 Å². The lowest BCUT2D eigenvalue weighted by Gasteiger charge is -2.21. The number of carbonyl (C=O) groups is 1. The van der Waals surface area contributed by atoms with Gasteiger partial charge in [-0.1, -0.05) is 48.5 Å². The average Bonchev–Trinajstić information content (AvgIpc) is 3.08. The predicted molar refractivity (Wildman–Crippen MR) is 100 cm³/mol. The Kier molecular flexibility index (Phi) is 7.41. The van der Waals surface area contributed by atoms with Gasteiger partial charge in [-0.3, -0.25) is 4.79 Å². The molecule has 0 radical (unpaired) electrons. The Hall–Kier alpha value is -1.91. The van der Waals surface area contributed by atoms with E-state index in [1.54, 1.807) is 18.2 Å². The van der Waals surface area contributed by atoms with Crippen molar-refractivity contribution in [3.63, 3.8) is 0 Å². The minimum atomic E-state index is -0.359. The van der Waals surface area contributed by atoms with Crippen LogP contribution < -0.4 is 10.6 Å². The summed E-state index contributed by atoms with van der Waals surface area (Å²) < 4.78 is 14.2. The molecule has 1 heterocycles. The van der Waals surface area contributed by atoms with Crippen molar-refractivity contribution in [2.45, 2.75) is 37.8 Å². The summed E-state index contributed by atoms with van der Waals surface area (Å²) in [6, 6.07) is 16.4. The molecule has 1 aliphatic rings. The van der Waals surface area contributed by atoms with Gasteiger partial charge in [0.15, 0.2) is 0 Å². The molecule has 5 heteroatoms. The van der Waals surface area contributed by atoms with Gasteiger partial charge >= 0.3 is 0 Å². The Morgan fingerprint density at radius 1 is 1.16 bits per heavy atom. The van der Waals surface area contributed by atoms with Crippen LogP contribution in [0.2, 0.25) is 0 Å². The Labute approximate surface area is 154 Å². The van der Waals surface area contributed by atoms with Crippen LogP contribution in [0.25, 0.3) is 0 Å². The summed E-state index contributed by atoms with van der Waals surface area (Å²) in [5, 5.41) is 6.36. The summed E-state index contributed by atoms with van der Waals surface area (Å²) in [5.74, 6) is -0.309. The van der Waals surface area contributed by atoms with Crippen molar-refractivity contribution in [2.75, 3.05) is 6.54 Å². The fourth-order valence-corrected chi connectivity index (χ4v) is 3.25. The molecule has 0 saturated carbocycles. The van der Waals surface area contributed by atoms with Gasteiger partial charge in [-0.05, 0) is 37.4 Å². The van der Waals surface area contributed by atoms with Gasteiger partial charge in [0.05, 0.1) is 6.04 Å². The predicted octanol–water partition coefficient (Wildman–Crippen LogP) is 3.79. The van der Waals surface area contributed by atoms with Crippen molar-refractivity contribution in [3.05, 3.63) is 71.5 Å². The van der Waals surface area contributed by atoms with Crippen LogP contribution in [0.3, 0.4) is 0 Å². The molecule has 1 saturated heterocycles. The maximum Gasteiger partial charge on any atom is 0.222 e. The third-order valence-electron chi connectivity index (χ3n) is 4.49. The molecule has 134 valence electrons. The first-order chi connectivity index (χ1) is 11.7. The zero-order valence-corrected chi connectivity index (χ0v) is 14.9. The Bertz CT molecular complexity index is 674. The van der Waals surface area contributed by atoms with Crippen LogP contribution in [-0.2, 0) is 11.2 Å². The first-order valence-electron chi connectivity index (χ1n) is 8.53. The summed E-state index contributed by atoms with van der Waals surface area (Å²) in [6.45, 7) is 0.971. The van der Waals surface area contributed by atoms with E-state index >= 15 is 0 Å². The van der Waals surface area contributed by atoms with Crippen molar-refractivity contribution in [2.24, 2.45) is 0 Å². The monoisotopic (exact) mass is 362 g/mol. The Morgan fingerprint density at radius 2 is 1.88 bits per heavy atom. The maximum absolute atomic E-state index is 14.2. The number of amides is 1. The molecule has 1 aliphatic heterocycles. The maximum atomic E-state index is 14.2. The summed E-state index contributed by atoms with van der Waals surface area (Å²) >= 11 is 0. The number of carbonyl (C=O) groups excluding carboxylic acids is 1. The fourth-order valence-electron chi connectivity index (χ4n) is 3.25. The molecular formula is C20H24ClFN2O. The van der Waals surface area contributed by atoms with E-state index < -0.39 is 0 Å². The molecule has 0 aromatic heterocycles. The van der Waals surface area contributed by atoms with Crippen molar-refractivity contribution in [1.29, 1.82) is 0 Å². The first-order valence-corrected chi connectivity index (χ1v) is 8.53. The fraction of sp³-hybridized carbons (Fsp3) is 0.350. The molecule has 2 aromatic rings. The minimum absolute atomic E-state index is 0. The van der Waals surface area contributed by atoms with Crippen LogP contribution in [-0.4, -0.2) is 18.5 Å². The van der Waals surface area contributed by atoms with Crippen LogP contribution in [0, 0.1) is 5.82 Å². The molecule has 2 aromatic carbocycles. The van der Waals surface area contributed by atoms with E-state index in [4.69, 9.17) is 0 Å². The molecule has 2 unspecified atom stereocenters. The molecule has 1 amide bonds. The second-order valence-corrected chi connectivity index (χ2v) is 6.33. The summed E-state index contributed by atoms with van der Waals surface area (Å²) in [4.78, 5) is 12.4. The molecular weight excluding hydrogens is 339 g/mol. The van der Waals surface area contributed by atoms with E-state index in [1.165, 1.54) is 6.07 Å². The van der Waals surface area contributed by atoms with E-state index in [0.29, 0.717) is 18.4 Å². The van der Waals surface area contributed by atoms with Crippen LogP contribution in [0.15, 0.2) is 54.6 Å². The molecule has 0 aliphatic carbocycles. The van der Waals surface area contributed by atoms with E-state index in [9.17, 15) is 9.18 Å². The van der Waals surface area contributed by atoms with Gasteiger partial charge in [-0.15, -0.1) is 12.4 Å². The van der Waals surface area contributed by atoms with Gasteiger partial charge in [0.1, 0.15) is 5.82 Å². The molecule has 2 atom stereocenters. The van der Waals surface area contributed by atoms with Crippen molar-refractivity contribution >= 4 is 18.3 Å². The van der Waals surface area contributed by atoms with E-state index in [2.05, 4.69) is 10.6 Å². The zero-order valence-electron chi connectivity index (χ0n) is 14.1. The lowest BCUT2D eigenvalue weighted by Crippen LogP contribution is -2.35. The third kappa shape index (κ3) is 5.55.